The van der Waals surface area contributed by atoms with E-state index >= 15 is 0 Å². The summed E-state index contributed by atoms with van der Waals surface area (Å²) in [5, 5.41) is 9.01. The monoisotopic (exact) mass is 364 g/mol. The van der Waals surface area contributed by atoms with Crippen LogP contribution in [-0.2, 0) is 19.4 Å². The number of benzene rings is 1. The van der Waals surface area contributed by atoms with Crippen molar-refractivity contribution in [3.8, 4) is 11.7 Å². The molecule has 3 aromatic rings. The Labute approximate surface area is 146 Å². The average molecular weight is 364 g/mol. The summed E-state index contributed by atoms with van der Waals surface area (Å²) in [5.41, 5.74) is 0.316. The van der Waals surface area contributed by atoms with Crippen LogP contribution in [0.2, 0.25) is 0 Å². The first-order valence-electron chi connectivity index (χ1n) is 7.63. The summed E-state index contributed by atoms with van der Waals surface area (Å²) in [4.78, 5) is 12.1. The Bertz CT molecular complexity index is 892. The Morgan fingerprint density at radius 1 is 1.15 bits per heavy atom. The summed E-state index contributed by atoms with van der Waals surface area (Å²) >= 11 is 0. The van der Waals surface area contributed by atoms with Gasteiger partial charge >= 0.3 is 6.18 Å². The maximum absolute atomic E-state index is 13.1. The SMILES string of the molecule is Cc1cccc(C(F)(F)F)c1COc1cnc(-n2cnc(CO)c2)nc1. The number of nitrogens with zero attached hydrogens (tertiary/aromatic N) is 4. The van der Waals surface area contributed by atoms with Crippen molar-refractivity contribution in [2.24, 2.45) is 0 Å². The van der Waals surface area contributed by atoms with Crippen LogP contribution in [0.25, 0.3) is 5.95 Å². The lowest BCUT2D eigenvalue weighted by Gasteiger charge is -2.15. The largest absolute Gasteiger partial charge is 0.486 e. The van der Waals surface area contributed by atoms with Crippen LogP contribution in [-0.4, -0.2) is 24.6 Å². The molecule has 0 aliphatic carbocycles. The van der Waals surface area contributed by atoms with Crippen molar-refractivity contribution in [1.82, 2.24) is 19.5 Å². The molecule has 0 aliphatic rings. The maximum atomic E-state index is 13.1. The number of halogens is 3. The van der Waals surface area contributed by atoms with Crippen molar-refractivity contribution >= 4 is 0 Å². The standard InChI is InChI=1S/C17H15F3N4O2/c1-11-3-2-4-15(17(18,19)20)14(11)9-26-13-5-21-16(22-6-13)24-7-12(8-25)23-10-24/h2-7,10,25H,8-9H2,1H3. The van der Waals surface area contributed by atoms with Crippen molar-refractivity contribution in [2.75, 3.05) is 0 Å². The predicted molar refractivity (Wildman–Crippen MR) is 85.6 cm³/mol. The molecule has 0 atom stereocenters. The molecule has 2 heterocycles. The number of aryl methyl sites for hydroxylation is 1. The normalized spacial score (nSPS) is 11.6. The topological polar surface area (TPSA) is 73.1 Å². The van der Waals surface area contributed by atoms with Crippen molar-refractivity contribution in [2.45, 2.75) is 26.3 Å². The second-order valence-electron chi connectivity index (χ2n) is 5.54. The van der Waals surface area contributed by atoms with E-state index in [-0.39, 0.29) is 24.5 Å². The Balaban J connectivity index is 1.75. The average Bonchev–Trinajstić information content (AvgIpc) is 3.09. The van der Waals surface area contributed by atoms with Crippen LogP contribution >= 0.6 is 0 Å². The molecule has 3 rings (SSSR count). The third kappa shape index (κ3) is 3.83. The van der Waals surface area contributed by atoms with E-state index in [4.69, 9.17) is 9.84 Å². The van der Waals surface area contributed by atoms with Gasteiger partial charge in [0.15, 0.2) is 5.75 Å². The molecule has 2 aromatic heterocycles. The van der Waals surface area contributed by atoms with Gasteiger partial charge in [-0.1, -0.05) is 12.1 Å². The number of hydrogen-bond acceptors (Lipinski definition) is 5. The fourth-order valence-electron chi connectivity index (χ4n) is 2.39. The molecule has 0 spiro atoms. The minimum atomic E-state index is -4.45. The lowest BCUT2D eigenvalue weighted by molar-refractivity contribution is -0.138. The predicted octanol–water partition coefficient (Wildman–Crippen LogP) is 3.06. The van der Waals surface area contributed by atoms with Gasteiger partial charge in [0.1, 0.15) is 12.9 Å². The molecule has 0 saturated heterocycles. The number of aliphatic hydroxyl groups is 1. The number of aliphatic hydroxyl groups excluding tert-OH is 1. The molecule has 0 fully saturated rings. The quantitative estimate of drug-likeness (QED) is 0.753. The van der Waals surface area contributed by atoms with Crippen molar-refractivity contribution in [1.29, 1.82) is 0 Å². The highest BCUT2D eigenvalue weighted by Gasteiger charge is 2.33. The van der Waals surface area contributed by atoms with Gasteiger partial charge in [-0.15, -0.1) is 0 Å². The Hall–Kier alpha value is -2.94. The van der Waals surface area contributed by atoms with Crippen molar-refractivity contribution in [3.05, 3.63) is 65.5 Å². The lowest BCUT2D eigenvalue weighted by Crippen LogP contribution is -2.12. The van der Waals surface area contributed by atoms with Gasteiger partial charge in [0.2, 0.25) is 5.95 Å². The molecule has 0 aliphatic heterocycles. The maximum Gasteiger partial charge on any atom is 0.416 e. The van der Waals surface area contributed by atoms with Crippen LogP contribution in [0, 0.1) is 6.92 Å². The highest BCUT2D eigenvalue weighted by atomic mass is 19.4. The van der Waals surface area contributed by atoms with E-state index in [0.29, 0.717) is 17.2 Å². The van der Waals surface area contributed by atoms with Gasteiger partial charge < -0.3 is 9.84 Å². The molecule has 1 N–H and O–H groups in total. The fraction of sp³-hybridized carbons (Fsp3) is 0.235. The van der Waals surface area contributed by atoms with Gasteiger partial charge in [0.25, 0.3) is 0 Å². The highest BCUT2D eigenvalue weighted by molar-refractivity contribution is 5.36. The first kappa shape index (κ1) is 17.9. The molecular weight excluding hydrogens is 349 g/mol. The van der Waals surface area contributed by atoms with Crippen LogP contribution in [0.3, 0.4) is 0 Å². The second-order valence-corrected chi connectivity index (χ2v) is 5.54. The molecule has 26 heavy (non-hydrogen) atoms. The molecule has 1 aromatic carbocycles. The van der Waals surface area contributed by atoms with Gasteiger partial charge in [-0.3, -0.25) is 4.57 Å². The third-order valence-corrected chi connectivity index (χ3v) is 3.74. The smallest absolute Gasteiger partial charge is 0.416 e. The molecule has 0 saturated carbocycles. The van der Waals surface area contributed by atoms with E-state index in [1.54, 1.807) is 19.2 Å². The summed E-state index contributed by atoms with van der Waals surface area (Å²) in [7, 11) is 0. The van der Waals surface area contributed by atoms with E-state index in [0.717, 1.165) is 6.07 Å². The number of aromatic nitrogens is 4. The summed E-state index contributed by atoms with van der Waals surface area (Å²) in [6.07, 6.45) is 1.30. The zero-order chi connectivity index (χ0) is 18.7. The second kappa shape index (κ2) is 7.12. The van der Waals surface area contributed by atoms with Crippen LogP contribution in [0.1, 0.15) is 22.4 Å². The van der Waals surface area contributed by atoms with Crippen molar-refractivity contribution in [3.63, 3.8) is 0 Å². The summed E-state index contributed by atoms with van der Waals surface area (Å²) < 4.78 is 46.3. The number of alkyl halides is 3. The molecule has 0 amide bonds. The summed E-state index contributed by atoms with van der Waals surface area (Å²) in [6, 6.07) is 4.00. The molecule has 0 radical (unpaired) electrons. The highest BCUT2D eigenvalue weighted by Crippen LogP contribution is 2.33. The van der Waals surface area contributed by atoms with E-state index in [9.17, 15) is 13.2 Å². The number of hydrogen-bond donors (Lipinski definition) is 1. The van der Waals surface area contributed by atoms with Gasteiger partial charge in [0, 0.05) is 11.8 Å². The minimum absolute atomic E-state index is 0.0753. The Morgan fingerprint density at radius 3 is 2.50 bits per heavy atom. The van der Waals surface area contributed by atoms with E-state index in [1.165, 1.54) is 29.4 Å². The van der Waals surface area contributed by atoms with Gasteiger partial charge in [-0.25, -0.2) is 15.0 Å². The van der Waals surface area contributed by atoms with E-state index < -0.39 is 11.7 Å². The van der Waals surface area contributed by atoms with Crippen LogP contribution in [0.15, 0.2) is 43.1 Å². The zero-order valence-electron chi connectivity index (χ0n) is 13.7. The first-order chi connectivity index (χ1) is 12.4. The molecule has 0 bridgehead atoms. The Kier molecular flexibility index (Phi) is 4.90. The Morgan fingerprint density at radius 2 is 1.88 bits per heavy atom. The van der Waals surface area contributed by atoms with Crippen molar-refractivity contribution < 1.29 is 23.0 Å². The van der Waals surface area contributed by atoms with Gasteiger partial charge in [0.05, 0.1) is 30.3 Å². The number of rotatable bonds is 5. The lowest BCUT2D eigenvalue weighted by atomic mass is 10.0. The third-order valence-electron chi connectivity index (χ3n) is 3.74. The molecule has 136 valence electrons. The van der Waals surface area contributed by atoms with Crippen LogP contribution in [0.4, 0.5) is 13.2 Å². The fourth-order valence-corrected chi connectivity index (χ4v) is 2.39. The molecule has 6 nitrogen and oxygen atoms in total. The van der Waals surface area contributed by atoms with Crippen LogP contribution in [0.5, 0.6) is 5.75 Å². The zero-order valence-corrected chi connectivity index (χ0v) is 13.7. The van der Waals surface area contributed by atoms with E-state index in [1.807, 2.05) is 0 Å². The van der Waals surface area contributed by atoms with Crippen LogP contribution < -0.4 is 4.74 Å². The number of imidazole rings is 1. The van der Waals surface area contributed by atoms with Gasteiger partial charge in [-0.05, 0) is 18.6 Å². The van der Waals surface area contributed by atoms with E-state index in [2.05, 4.69) is 15.0 Å². The number of ether oxygens (including phenoxy) is 1. The molecule has 0 unspecified atom stereocenters. The van der Waals surface area contributed by atoms with Gasteiger partial charge in [-0.2, -0.15) is 13.2 Å². The first-order valence-corrected chi connectivity index (χ1v) is 7.63. The molecule has 9 heteroatoms. The summed E-state index contributed by atoms with van der Waals surface area (Å²) in [5.74, 6) is 0.545. The minimum Gasteiger partial charge on any atom is -0.486 e. The molecular formula is C17H15F3N4O2. The summed E-state index contributed by atoms with van der Waals surface area (Å²) in [6.45, 7) is 1.15.